The molecule has 0 aliphatic heterocycles. The maximum Gasteiger partial charge on any atom is 0.240 e. The van der Waals surface area contributed by atoms with E-state index < -0.39 is 10.0 Å². The number of benzene rings is 1. The fourth-order valence-corrected chi connectivity index (χ4v) is 3.65. The average Bonchev–Trinajstić information content (AvgIpc) is 2.28. The molecule has 0 spiro atoms. The summed E-state index contributed by atoms with van der Waals surface area (Å²) >= 11 is 3.37. The van der Waals surface area contributed by atoms with Crippen molar-refractivity contribution in [1.82, 2.24) is 4.72 Å². The van der Waals surface area contributed by atoms with Gasteiger partial charge in [-0.25, -0.2) is 13.1 Å². The highest BCUT2D eigenvalue weighted by atomic mass is 79.9. The molecule has 1 aromatic rings. The summed E-state index contributed by atoms with van der Waals surface area (Å²) < 4.78 is 26.6. The van der Waals surface area contributed by atoms with Crippen LogP contribution in [0.5, 0.6) is 0 Å². The Morgan fingerprint density at radius 1 is 1.24 bits per heavy atom. The summed E-state index contributed by atoms with van der Waals surface area (Å²) in [5.74, 6) is 0. The molecule has 0 amide bonds. The van der Waals surface area contributed by atoms with Crippen molar-refractivity contribution in [2.45, 2.75) is 25.2 Å². The number of alkyl halides is 1. The van der Waals surface area contributed by atoms with Crippen molar-refractivity contribution in [2.75, 3.05) is 11.9 Å². The van der Waals surface area contributed by atoms with Crippen LogP contribution in [0.15, 0.2) is 35.2 Å². The molecule has 0 heterocycles. The van der Waals surface area contributed by atoms with Gasteiger partial charge in [0, 0.05) is 11.9 Å². The van der Waals surface area contributed by atoms with Gasteiger partial charge in [0.25, 0.3) is 0 Å². The molecule has 0 radical (unpaired) electrons. The minimum atomic E-state index is -3.38. The van der Waals surface area contributed by atoms with Gasteiger partial charge in [-0.3, -0.25) is 0 Å². The molecule has 0 bridgehead atoms. The normalized spacial score (nSPS) is 12.6. The molecule has 1 N–H and O–H groups in total. The zero-order valence-corrected chi connectivity index (χ0v) is 12.5. The average molecular weight is 320 g/mol. The zero-order chi connectivity index (χ0) is 12.9. The minimum absolute atomic E-state index is 0.0502. The van der Waals surface area contributed by atoms with Crippen molar-refractivity contribution in [3.05, 3.63) is 30.3 Å². The van der Waals surface area contributed by atoms with Crippen molar-refractivity contribution in [2.24, 2.45) is 5.41 Å². The van der Waals surface area contributed by atoms with Crippen LogP contribution >= 0.6 is 15.9 Å². The molecule has 0 saturated carbocycles. The summed E-state index contributed by atoms with van der Waals surface area (Å²) in [5, 5.41) is 0.868. The molecular formula is C12H18BrNO2S. The lowest BCUT2D eigenvalue weighted by Crippen LogP contribution is -2.34. The molecule has 5 heteroatoms. The van der Waals surface area contributed by atoms with E-state index in [0.29, 0.717) is 11.4 Å². The first-order valence-electron chi connectivity index (χ1n) is 5.48. The van der Waals surface area contributed by atoms with Gasteiger partial charge >= 0.3 is 0 Å². The van der Waals surface area contributed by atoms with Crippen molar-refractivity contribution in [3.8, 4) is 0 Å². The Balaban J connectivity index is 2.69. The molecule has 0 aliphatic carbocycles. The van der Waals surface area contributed by atoms with Crippen LogP contribution in [-0.2, 0) is 10.0 Å². The van der Waals surface area contributed by atoms with Crippen molar-refractivity contribution in [1.29, 1.82) is 0 Å². The third-order valence-corrected chi connectivity index (χ3v) is 4.38. The molecule has 3 nitrogen and oxygen atoms in total. The molecule has 0 unspecified atom stereocenters. The van der Waals surface area contributed by atoms with E-state index in [0.717, 1.165) is 11.8 Å². The topological polar surface area (TPSA) is 46.2 Å². The highest BCUT2D eigenvalue weighted by Crippen LogP contribution is 2.21. The Morgan fingerprint density at radius 2 is 1.82 bits per heavy atom. The zero-order valence-electron chi connectivity index (χ0n) is 10.1. The Labute approximate surface area is 112 Å². The second kappa shape index (κ2) is 5.98. The number of hydrogen-bond acceptors (Lipinski definition) is 2. The van der Waals surface area contributed by atoms with Gasteiger partial charge in [-0.2, -0.15) is 0 Å². The standard InChI is InChI=1S/C12H18BrNO2S/c1-12(2,8-9-13)10-14-17(15,16)11-6-4-3-5-7-11/h3-7,14H,8-10H2,1-2H3. The second-order valence-electron chi connectivity index (χ2n) is 4.74. The van der Waals surface area contributed by atoms with Crippen LogP contribution in [0, 0.1) is 5.41 Å². The van der Waals surface area contributed by atoms with Crippen LogP contribution in [0.4, 0.5) is 0 Å². The summed E-state index contributed by atoms with van der Waals surface area (Å²) in [7, 11) is -3.38. The van der Waals surface area contributed by atoms with E-state index in [4.69, 9.17) is 0 Å². The van der Waals surface area contributed by atoms with Gasteiger partial charge < -0.3 is 0 Å². The van der Waals surface area contributed by atoms with E-state index >= 15 is 0 Å². The highest BCUT2D eigenvalue weighted by molar-refractivity contribution is 9.09. The van der Waals surface area contributed by atoms with Crippen molar-refractivity contribution >= 4 is 26.0 Å². The van der Waals surface area contributed by atoms with E-state index in [-0.39, 0.29) is 5.41 Å². The van der Waals surface area contributed by atoms with E-state index in [2.05, 4.69) is 20.7 Å². The third-order valence-electron chi connectivity index (χ3n) is 2.57. The van der Waals surface area contributed by atoms with Crippen LogP contribution < -0.4 is 4.72 Å². The van der Waals surface area contributed by atoms with E-state index in [1.54, 1.807) is 30.3 Å². The first kappa shape index (κ1) is 14.7. The van der Waals surface area contributed by atoms with E-state index in [1.165, 1.54) is 0 Å². The molecule has 1 rings (SSSR count). The number of rotatable bonds is 6. The SMILES string of the molecule is CC(C)(CCBr)CNS(=O)(=O)c1ccccc1. The van der Waals surface area contributed by atoms with Gasteiger partial charge in [0.05, 0.1) is 4.90 Å². The molecule has 0 atom stereocenters. The smallest absolute Gasteiger partial charge is 0.211 e. The summed E-state index contributed by atoms with van der Waals surface area (Å²) in [6.07, 6.45) is 0.921. The van der Waals surface area contributed by atoms with Crippen LogP contribution in [0.25, 0.3) is 0 Å². The number of sulfonamides is 1. The Morgan fingerprint density at radius 3 is 2.35 bits per heavy atom. The largest absolute Gasteiger partial charge is 0.240 e. The summed E-state index contributed by atoms with van der Waals surface area (Å²) in [4.78, 5) is 0.314. The van der Waals surface area contributed by atoms with Crippen LogP contribution in [0.1, 0.15) is 20.3 Å². The minimum Gasteiger partial charge on any atom is -0.211 e. The van der Waals surface area contributed by atoms with Crippen LogP contribution in [0.2, 0.25) is 0 Å². The Bertz CT molecular complexity index is 443. The monoisotopic (exact) mass is 319 g/mol. The lowest BCUT2D eigenvalue weighted by Gasteiger charge is -2.23. The van der Waals surface area contributed by atoms with E-state index in [1.807, 2.05) is 13.8 Å². The lowest BCUT2D eigenvalue weighted by molar-refractivity contribution is 0.354. The quantitative estimate of drug-likeness (QED) is 0.819. The lowest BCUT2D eigenvalue weighted by atomic mass is 9.91. The van der Waals surface area contributed by atoms with E-state index in [9.17, 15) is 8.42 Å². The molecule has 0 fully saturated rings. The maximum atomic E-state index is 12.0. The molecule has 17 heavy (non-hydrogen) atoms. The van der Waals surface area contributed by atoms with Gasteiger partial charge in [-0.1, -0.05) is 48.0 Å². The van der Waals surface area contributed by atoms with Gasteiger partial charge in [0.2, 0.25) is 10.0 Å². The fraction of sp³-hybridized carbons (Fsp3) is 0.500. The molecule has 0 aliphatic rings. The predicted octanol–water partition coefficient (Wildman–Crippen LogP) is 2.78. The fourth-order valence-electron chi connectivity index (χ4n) is 1.32. The number of hydrogen-bond donors (Lipinski definition) is 1. The molecule has 0 aromatic heterocycles. The van der Waals surface area contributed by atoms with Gasteiger partial charge in [0.15, 0.2) is 0 Å². The van der Waals surface area contributed by atoms with Gasteiger partial charge in [-0.15, -0.1) is 0 Å². The number of halogens is 1. The molecular weight excluding hydrogens is 302 g/mol. The molecule has 96 valence electrons. The first-order valence-corrected chi connectivity index (χ1v) is 8.08. The van der Waals surface area contributed by atoms with Gasteiger partial charge in [0.1, 0.15) is 0 Å². The second-order valence-corrected chi connectivity index (χ2v) is 7.30. The van der Waals surface area contributed by atoms with Crippen molar-refractivity contribution < 1.29 is 8.42 Å². The third kappa shape index (κ3) is 4.77. The van der Waals surface area contributed by atoms with Crippen molar-refractivity contribution in [3.63, 3.8) is 0 Å². The highest BCUT2D eigenvalue weighted by Gasteiger charge is 2.21. The predicted molar refractivity (Wildman–Crippen MR) is 73.8 cm³/mol. The number of nitrogens with one attached hydrogen (secondary N) is 1. The molecule has 1 aromatic carbocycles. The Kier molecular flexibility index (Phi) is 5.16. The first-order chi connectivity index (χ1) is 7.87. The summed E-state index contributed by atoms with van der Waals surface area (Å²) in [5.41, 5.74) is -0.0502. The summed E-state index contributed by atoms with van der Waals surface area (Å²) in [6.45, 7) is 4.53. The Hall–Kier alpha value is -0.390. The maximum absolute atomic E-state index is 12.0. The molecule has 0 saturated heterocycles. The van der Waals surface area contributed by atoms with Crippen LogP contribution in [0.3, 0.4) is 0 Å². The van der Waals surface area contributed by atoms with Crippen LogP contribution in [-0.4, -0.2) is 20.3 Å². The van der Waals surface area contributed by atoms with Gasteiger partial charge in [-0.05, 0) is 24.0 Å². The summed E-state index contributed by atoms with van der Waals surface area (Å²) in [6, 6.07) is 8.43.